The van der Waals surface area contributed by atoms with Crippen molar-refractivity contribution in [3.63, 3.8) is 0 Å². The van der Waals surface area contributed by atoms with Crippen molar-refractivity contribution in [3.8, 4) is 0 Å². The van der Waals surface area contributed by atoms with E-state index in [1.165, 1.54) is 12.1 Å². The lowest BCUT2D eigenvalue weighted by atomic mass is 10.1. The summed E-state index contributed by atoms with van der Waals surface area (Å²) in [7, 11) is 0. The van der Waals surface area contributed by atoms with E-state index in [-0.39, 0.29) is 0 Å². The topological polar surface area (TPSA) is 17.0 Å². The summed E-state index contributed by atoms with van der Waals surface area (Å²) < 4.78 is 2.34. The lowest BCUT2D eigenvalue weighted by molar-refractivity contribution is 0.417. The highest BCUT2D eigenvalue weighted by atomic mass is 15.1. The molecule has 2 heteroatoms. The van der Waals surface area contributed by atoms with Crippen LogP contribution in [0.3, 0.4) is 0 Å². The smallest absolute Gasteiger partial charge is 0.0472 e. The van der Waals surface area contributed by atoms with E-state index in [1.807, 2.05) is 0 Å². The maximum atomic E-state index is 3.49. The van der Waals surface area contributed by atoms with E-state index in [0.29, 0.717) is 6.04 Å². The Hall–Kier alpha value is -0.760. The molecule has 0 amide bonds. The first-order chi connectivity index (χ1) is 5.42. The van der Waals surface area contributed by atoms with Gasteiger partial charge in [-0.3, -0.25) is 0 Å². The van der Waals surface area contributed by atoms with Gasteiger partial charge in [-0.05, 0) is 18.6 Å². The molecule has 60 valence electrons. The van der Waals surface area contributed by atoms with Gasteiger partial charge in [-0.25, -0.2) is 0 Å². The van der Waals surface area contributed by atoms with Crippen LogP contribution < -0.4 is 5.32 Å². The third-order valence-electron chi connectivity index (χ3n) is 2.37. The van der Waals surface area contributed by atoms with E-state index in [1.54, 1.807) is 0 Å². The Morgan fingerprint density at radius 1 is 1.73 bits per heavy atom. The van der Waals surface area contributed by atoms with Gasteiger partial charge in [0.1, 0.15) is 0 Å². The lowest BCUT2D eigenvalue weighted by Crippen LogP contribution is -2.32. The Kier molecular flexibility index (Phi) is 1.70. The summed E-state index contributed by atoms with van der Waals surface area (Å²) in [6.07, 6.45) is 3.35. The van der Waals surface area contributed by atoms with Crippen molar-refractivity contribution < 1.29 is 0 Å². The third kappa shape index (κ3) is 1.07. The summed E-state index contributed by atoms with van der Waals surface area (Å²) in [6.45, 7) is 4.46. The van der Waals surface area contributed by atoms with E-state index >= 15 is 0 Å². The standard InChI is InChI=1S/C9H14N2/c1-2-8-9-4-3-6-11(9)7-5-10-8/h3-4,6,8,10H,2,5,7H2,1H3/t8-/m1/s1. The highest BCUT2D eigenvalue weighted by Crippen LogP contribution is 2.19. The van der Waals surface area contributed by atoms with Crippen LogP contribution in [0.1, 0.15) is 25.1 Å². The molecule has 2 heterocycles. The van der Waals surface area contributed by atoms with Gasteiger partial charge in [0, 0.05) is 31.0 Å². The molecule has 1 N–H and O–H groups in total. The molecule has 0 saturated heterocycles. The van der Waals surface area contributed by atoms with Crippen LogP contribution in [0.15, 0.2) is 18.3 Å². The molecule has 2 rings (SSSR count). The van der Waals surface area contributed by atoms with Gasteiger partial charge >= 0.3 is 0 Å². The van der Waals surface area contributed by atoms with Crippen molar-refractivity contribution in [2.24, 2.45) is 0 Å². The molecule has 0 fully saturated rings. The van der Waals surface area contributed by atoms with Gasteiger partial charge in [-0.15, -0.1) is 0 Å². The molecular weight excluding hydrogens is 136 g/mol. The number of hydrogen-bond acceptors (Lipinski definition) is 1. The SMILES string of the molecule is CC[C@H]1NCCn2cccc21. The molecule has 1 aromatic rings. The van der Waals surface area contributed by atoms with Crippen LogP contribution in [0.5, 0.6) is 0 Å². The predicted octanol–water partition coefficient (Wildman–Crippen LogP) is 1.54. The van der Waals surface area contributed by atoms with E-state index in [0.717, 1.165) is 13.1 Å². The number of nitrogens with zero attached hydrogens (tertiary/aromatic N) is 1. The lowest BCUT2D eigenvalue weighted by Gasteiger charge is -2.25. The average Bonchev–Trinajstić information content (AvgIpc) is 2.50. The molecule has 1 aromatic heterocycles. The van der Waals surface area contributed by atoms with Crippen molar-refractivity contribution in [2.45, 2.75) is 25.9 Å². The van der Waals surface area contributed by atoms with E-state index < -0.39 is 0 Å². The first kappa shape index (κ1) is 6.92. The Labute approximate surface area is 67.2 Å². The minimum absolute atomic E-state index is 0.582. The van der Waals surface area contributed by atoms with Crippen LogP contribution in [0.25, 0.3) is 0 Å². The van der Waals surface area contributed by atoms with Crippen molar-refractivity contribution in [1.29, 1.82) is 0 Å². The number of aromatic nitrogens is 1. The van der Waals surface area contributed by atoms with Crippen molar-refractivity contribution in [3.05, 3.63) is 24.0 Å². The van der Waals surface area contributed by atoms with Crippen molar-refractivity contribution >= 4 is 0 Å². The predicted molar refractivity (Wildman–Crippen MR) is 45.5 cm³/mol. The molecule has 1 aliphatic rings. The fourth-order valence-corrected chi connectivity index (χ4v) is 1.76. The molecule has 0 unspecified atom stereocenters. The van der Waals surface area contributed by atoms with Gasteiger partial charge in [0.15, 0.2) is 0 Å². The summed E-state index contributed by atoms with van der Waals surface area (Å²) in [5, 5.41) is 3.49. The first-order valence-corrected chi connectivity index (χ1v) is 4.30. The molecule has 11 heavy (non-hydrogen) atoms. The van der Waals surface area contributed by atoms with Crippen molar-refractivity contribution in [1.82, 2.24) is 9.88 Å². The largest absolute Gasteiger partial charge is 0.349 e. The zero-order chi connectivity index (χ0) is 7.68. The number of rotatable bonds is 1. The summed E-state index contributed by atoms with van der Waals surface area (Å²) >= 11 is 0. The van der Waals surface area contributed by atoms with Crippen LogP contribution in [-0.2, 0) is 6.54 Å². The summed E-state index contributed by atoms with van der Waals surface area (Å²) in [5.74, 6) is 0. The molecule has 1 aliphatic heterocycles. The highest BCUT2D eigenvalue weighted by Gasteiger charge is 2.16. The van der Waals surface area contributed by atoms with Crippen LogP contribution >= 0.6 is 0 Å². The molecule has 0 spiro atoms. The molecule has 0 bridgehead atoms. The molecule has 0 aromatic carbocycles. The van der Waals surface area contributed by atoms with Crippen LogP contribution in [0, 0.1) is 0 Å². The second-order valence-corrected chi connectivity index (χ2v) is 3.04. The van der Waals surface area contributed by atoms with E-state index in [9.17, 15) is 0 Å². The second kappa shape index (κ2) is 2.70. The Morgan fingerprint density at radius 2 is 2.64 bits per heavy atom. The maximum absolute atomic E-state index is 3.49. The minimum Gasteiger partial charge on any atom is -0.349 e. The van der Waals surface area contributed by atoms with Crippen LogP contribution in [0.2, 0.25) is 0 Å². The number of hydrogen-bond donors (Lipinski definition) is 1. The molecule has 0 radical (unpaired) electrons. The fraction of sp³-hybridized carbons (Fsp3) is 0.556. The van der Waals surface area contributed by atoms with Gasteiger partial charge in [-0.1, -0.05) is 6.92 Å². The Bertz CT molecular complexity index is 239. The molecular formula is C9H14N2. The zero-order valence-corrected chi connectivity index (χ0v) is 6.88. The normalized spacial score (nSPS) is 23.2. The van der Waals surface area contributed by atoms with Gasteiger partial charge in [-0.2, -0.15) is 0 Å². The molecule has 1 atom stereocenters. The average molecular weight is 150 g/mol. The quantitative estimate of drug-likeness (QED) is 0.642. The highest BCUT2D eigenvalue weighted by molar-refractivity contribution is 5.13. The third-order valence-corrected chi connectivity index (χ3v) is 2.37. The minimum atomic E-state index is 0.582. The summed E-state index contributed by atoms with van der Waals surface area (Å²) in [5.41, 5.74) is 1.44. The number of fused-ring (bicyclic) bond motifs is 1. The Balaban J connectivity index is 2.32. The van der Waals surface area contributed by atoms with E-state index in [2.05, 4.69) is 35.1 Å². The second-order valence-electron chi connectivity index (χ2n) is 3.04. The summed E-state index contributed by atoms with van der Waals surface area (Å²) in [6, 6.07) is 4.92. The van der Waals surface area contributed by atoms with Crippen LogP contribution in [-0.4, -0.2) is 11.1 Å². The molecule has 2 nitrogen and oxygen atoms in total. The molecule has 0 saturated carbocycles. The Morgan fingerprint density at radius 3 is 3.45 bits per heavy atom. The fourth-order valence-electron chi connectivity index (χ4n) is 1.76. The van der Waals surface area contributed by atoms with E-state index in [4.69, 9.17) is 0 Å². The van der Waals surface area contributed by atoms with Gasteiger partial charge < -0.3 is 9.88 Å². The van der Waals surface area contributed by atoms with Crippen molar-refractivity contribution in [2.75, 3.05) is 6.54 Å². The molecule has 0 aliphatic carbocycles. The van der Waals surface area contributed by atoms with Crippen LogP contribution in [0.4, 0.5) is 0 Å². The zero-order valence-electron chi connectivity index (χ0n) is 6.88. The van der Waals surface area contributed by atoms with Gasteiger partial charge in [0.2, 0.25) is 0 Å². The monoisotopic (exact) mass is 150 g/mol. The first-order valence-electron chi connectivity index (χ1n) is 4.30. The van der Waals surface area contributed by atoms with Gasteiger partial charge in [0.25, 0.3) is 0 Å². The maximum Gasteiger partial charge on any atom is 0.0472 e. The van der Waals surface area contributed by atoms with Gasteiger partial charge in [0.05, 0.1) is 0 Å². The summed E-state index contributed by atoms with van der Waals surface area (Å²) in [4.78, 5) is 0. The number of nitrogens with one attached hydrogen (secondary N) is 1.